The lowest BCUT2D eigenvalue weighted by atomic mass is 10.1. The third-order valence-corrected chi connectivity index (χ3v) is 3.09. The van der Waals surface area contributed by atoms with Crippen molar-refractivity contribution in [2.75, 3.05) is 12.4 Å². The van der Waals surface area contributed by atoms with Gasteiger partial charge in [0, 0.05) is 16.3 Å². The van der Waals surface area contributed by atoms with Gasteiger partial charge in [-0.25, -0.2) is 4.39 Å². The molecule has 2 aromatic rings. The van der Waals surface area contributed by atoms with E-state index in [0.29, 0.717) is 10.7 Å². The van der Waals surface area contributed by atoms with Crippen LogP contribution in [-0.4, -0.2) is 13.0 Å². The summed E-state index contributed by atoms with van der Waals surface area (Å²) < 4.78 is 18.4. The summed E-state index contributed by atoms with van der Waals surface area (Å²) in [6, 6.07) is 9.18. The Balaban J connectivity index is 2.21. The molecule has 2 rings (SSSR count). The van der Waals surface area contributed by atoms with E-state index in [2.05, 4.69) is 5.32 Å². The summed E-state index contributed by atoms with van der Waals surface area (Å²) in [6.07, 6.45) is 0. The van der Waals surface area contributed by atoms with Crippen molar-refractivity contribution in [2.45, 2.75) is 6.92 Å². The molecule has 0 aliphatic heterocycles. The number of anilines is 1. The lowest BCUT2D eigenvalue weighted by molar-refractivity contribution is 0.102. The molecule has 20 heavy (non-hydrogen) atoms. The van der Waals surface area contributed by atoms with Crippen molar-refractivity contribution in [3.63, 3.8) is 0 Å². The molecule has 0 unspecified atom stereocenters. The minimum atomic E-state index is -0.576. The Hall–Kier alpha value is -2.07. The van der Waals surface area contributed by atoms with E-state index >= 15 is 0 Å². The highest BCUT2D eigenvalue weighted by Gasteiger charge is 2.11. The van der Waals surface area contributed by atoms with E-state index in [9.17, 15) is 9.18 Å². The van der Waals surface area contributed by atoms with Gasteiger partial charge in [-0.2, -0.15) is 0 Å². The molecule has 0 saturated carbocycles. The fraction of sp³-hybridized carbons (Fsp3) is 0.133. The number of nitrogens with one attached hydrogen (secondary N) is 1. The maximum Gasteiger partial charge on any atom is 0.255 e. The third kappa shape index (κ3) is 3.08. The van der Waals surface area contributed by atoms with E-state index in [1.165, 1.54) is 19.2 Å². The third-order valence-electron chi connectivity index (χ3n) is 2.85. The predicted molar refractivity (Wildman–Crippen MR) is 77.1 cm³/mol. The van der Waals surface area contributed by atoms with Crippen LogP contribution in [0.5, 0.6) is 5.75 Å². The highest BCUT2D eigenvalue weighted by molar-refractivity contribution is 6.30. The average Bonchev–Trinajstić information content (AvgIpc) is 2.41. The second-order valence-corrected chi connectivity index (χ2v) is 4.70. The van der Waals surface area contributed by atoms with E-state index in [1.54, 1.807) is 18.2 Å². The zero-order valence-corrected chi connectivity index (χ0v) is 11.8. The number of ether oxygens (including phenoxy) is 1. The Bertz CT molecular complexity index is 658. The van der Waals surface area contributed by atoms with Crippen LogP contribution >= 0.6 is 11.6 Å². The number of carbonyl (C=O) groups excluding carboxylic acids is 1. The number of methoxy groups -OCH3 is 1. The van der Waals surface area contributed by atoms with Crippen LogP contribution in [0.3, 0.4) is 0 Å². The fourth-order valence-corrected chi connectivity index (χ4v) is 2.00. The summed E-state index contributed by atoms with van der Waals surface area (Å²) in [5, 5.41) is 3.31. The van der Waals surface area contributed by atoms with Gasteiger partial charge in [0.25, 0.3) is 5.91 Å². The SMILES string of the molecule is COc1ccc(C(=O)Nc2ccc(Cl)cc2C)cc1F. The highest BCUT2D eigenvalue weighted by atomic mass is 35.5. The summed E-state index contributed by atoms with van der Waals surface area (Å²) in [6.45, 7) is 1.83. The van der Waals surface area contributed by atoms with E-state index in [0.717, 1.165) is 11.6 Å². The molecule has 104 valence electrons. The van der Waals surface area contributed by atoms with Crippen LogP contribution in [0.2, 0.25) is 5.02 Å². The van der Waals surface area contributed by atoms with Crippen LogP contribution in [0.15, 0.2) is 36.4 Å². The van der Waals surface area contributed by atoms with Crippen molar-refractivity contribution < 1.29 is 13.9 Å². The normalized spacial score (nSPS) is 10.2. The second kappa shape index (κ2) is 5.92. The molecule has 0 fully saturated rings. The lowest BCUT2D eigenvalue weighted by Crippen LogP contribution is -2.13. The van der Waals surface area contributed by atoms with Crippen molar-refractivity contribution in [1.82, 2.24) is 0 Å². The summed E-state index contributed by atoms with van der Waals surface area (Å²) in [5.41, 5.74) is 1.69. The Morgan fingerprint density at radius 3 is 2.60 bits per heavy atom. The van der Waals surface area contributed by atoms with Gasteiger partial charge < -0.3 is 10.1 Å². The van der Waals surface area contributed by atoms with Gasteiger partial charge in [0.1, 0.15) is 0 Å². The largest absolute Gasteiger partial charge is 0.494 e. The van der Waals surface area contributed by atoms with Gasteiger partial charge in [0.2, 0.25) is 0 Å². The molecule has 3 nitrogen and oxygen atoms in total. The maximum atomic E-state index is 13.6. The molecule has 1 N–H and O–H groups in total. The molecule has 0 heterocycles. The summed E-state index contributed by atoms with van der Waals surface area (Å²) in [7, 11) is 1.37. The number of rotatable bonds is 3. The molecular weight excluding hydrogens is 281 g/mol. The maximum absolute atomic E-state index is 13.6. The van der Waals surface area contributed by atoms with Crippen LogP contribution in [0, 0.1) is 12.7 Å². The van der Waals surface area contributed by atoms with E-state index in [1.807, 2.05) is 6.92 Å². The van der Waals surface area contributed by atoms with Crippen molar-refractivity contribution >= 4 is 23.2 Å². The Kier molecular flexibility index (Phi) is 4.25. The number of benzene rings is 2. The molecule has 0 aromatic heterocycles. The quantitative estimate of drug-likeness (QED) is 0.927. The summed E-state index contributed by atoms with van der Waals surface area (Å²) in [5.74, 6) is -0.867. The Morgan fingerprint density at radius 2 is 2.00 bits per heavy atom. The molecule has 5 heteroatoms. The number of halogens is 2. The van der Waals surface area contributed by atoms with E-state index in [-0.39, 0.29) is 11.3 Å². The van der Waals surface area contributed by atoms with Crippen LogP contribution in [0.25, 0.3) is 0 Å². The molecule has 1 amide bonds. The molecule has 0 radical (unpaired) electrons. The van der Waals surface area contributed by atoms with Gasteiger partial charge in [-0.05, 0) is 48.9 Å². The fourth-order valence-electron chi connectivity index (χ4n) is 1.77. The summed E-state index contributed by atoms with van der Waals surface area (Å²) >= 11 is 5.85. The first-order chi connectivity index (χ1) is 9.51. The van der Waals surface area contributed by atoms with Crippen molar-refractivity contribution in [2.24, 2.45) is 0 Å². The van der Waals surface area contributed by atoms with Gasteiger partial charge in [0.05, 0.1) is 7.11 Å². The molecule has 0 atom stereocenters. The standard InChI is InChI=1S/C15H13ClFNO2/c1-9-7-11(16)4-5-13(9)18-15(19)10-3-6-14(20-2)12(17)8-10/h3-8H,1-2H3,(H,18,19). The lowest BCUT2D eigenvalue weighted by Gasteiger charge is -2.09. The minimum Gasteiger partial charge on any atom is -0.494 e. The van der Waals surface area contributed by atoms with Crippen molar-refractivity contribution in [3.8, 4) is 5.75 Å². The number of hydrogen-bond acceptors (Lipinski definition) is 2. The average molecular weight is 294 g/mol. The topological polar surface area (TPSA) is 38.3 Å². The van der Waals surface area contributed by atoms with Gasteiger partial charge >= 0.3 is 0 Å². The van der Waals surface area contributed by atoms with Crippen LogP contribution in [0.4, 0.5) is 10.1 Å². The van der Waals surface area contributed by atoms with Crippen LogP contribution in [-0.2, 0) is 0 Å². The highest BCUT2D eigenvalue weighted by Crippen LogP contribution is 2.22. The van der Waals surface area contributed by atoms with Gasteiger partial charge in [-0.15, -0.1) is 0 Å². The van der Waals surface area contributed by atoms with Crippen LogP contribution in [0.1, 0.15) is 15.9 Å². The molecule has 0 bridgehead atoms. The van der Waals surface area contributed by atoms with Crippen molar-refractivity contribution in [1.29, 1.82) is 0 Å². The first-order valence-corrected chi connectivity index (χ1v) is 6.30. The number of carbonyl (C=O) groups is 1. The predicted octanol–water partition coefficient (Wildman–Crippen LogP) is 4.05. The first-order valence-electron chi connectivity index (χ1n) is 5.92. The molecule has 0 aliphatic carbocycles. The van der Waals surface area contributed by atoms with Crippen LogP contribution < -0.4 is 10.1 Å². The molecule has 0 aliphatic rings. The molecule has 0 saturated heterocycles. The number of amides is 1. The number of hydrogen-bond donors (Lipinski definition) is 1. The van der Waals surface area contributed by atoms with Gasteiger partial charge in [-0.1, -0.05) is 11.6 Å². The monoisotopic (exact) mass is 293 g/mol. The van der Waals surface area contributed by atoms with E-state index in [4.69, 9.17) is 16.3 Å². The van der Waals surface area contributed by atoms with Gasteiger partial charge in [0.15, 0.2) is 11.6 Å². The smallest absolute Gasteiger partial charge is 0.255 e. The summed E-state index contributed by atoms with van der Waals surface area (Å²) in [4.78, 5) is 12.1. The molecular formula is C15H13ClFNO2. The zero-order chi connectivity index (χ0) is 14.7. The first kappa shape index (κ1) is 14.3. The minimum absolute atomic E-state index is 0.101. The van der Waals surface area contributed by atoms with Gasteiger partial charge in [-0.3, -0.25) is 4.79 Å². The van der Waals surface area contributed by atoms with Crippen molar-refractivity contribution in [3.05, 3.63) is 58.4 Å². The Labute approximate surface area is 121 Å². The Morgan fingerprint density at radius 1 is 1.25 bits per heavy atom. The zero-order valence-electron chi connectivity index (χ0n) is 11.0. The van der Waals surface area contributed by atoms with E-state index < -0.39 is 11.7 Å². The molecule has 0 spiro atoms. The second-order valence-electron chi connectivity index (χ2n) is 4.26. The number of aryl methyl sites for hydroxylation is 1. The molecule has 2 aromatic carbocycles.